The third-order valence-electron chi connectivity index (χ3n) is 2.60. The van der Waals surface area contributed by atoms with Crippen LogP contribution in [0.2, 0.25) is 0 Å². The van der Waals surface area contributed by atoms with Crippen molar-refractivity contribution in [3.63, 3.8) is 0 Å². The van der Waals surface area contributed by atoms with E-state index in [0.717, 1.165) is 10.0 Å². The summed E-state index contributed by atoms with van der Waals surface area (Å²) in [5, 5.41) is 2.75. The van der Waals surface area contributed by atoms with Gasteiger partial charge in [-0.25, -0.2) is 4.39 Å². The van der Waals surface area contributed by atoms with Gasteiger partial charge in [0.15, 0.2) is 0 Å². The average molecular weight is 323 g/mol. The summed E-state index contributed by atoms with van der Waals surface area (Å²) in [6.07, 6.45) is 0. The van der Waals surface area contributed by atoms with Gasteiger partial charge in [0.1, 0.15) is 5.82 Å². The van der Waals surface area contributed by atoms with Crippen LogP contribution in [0.4, 0.5) is 10.1 Å². The number of nitrogens with one attached hydrogen (secondary N) is 1. The van der Waals surface area contributed by atoms with Crippen molar-refractivity contribution in [1.82, 2.24) is 5.32 Å². The van der Waals surface area contributed by atoms with Crippen LogP contribution in [0.3, 0.4) is 0 Å². The predicted octanol–water partition coefficient (Wildman–Crippen LogP) is 3.10. The number of carbonyl (C=O) groups excluding carboxylic acids is 1. The van der Waals surface area contributed by atoms with Crippen molar-refractivity contribution in [1.29, 1.82) is 0 Å². The van der Waals surface area contributed by atoms with Crippen molar-refractivity contribution in [2.24, 2.45) is 0 Å². The molecule has 1 amide bonds. The molecule has 0 atom stereocenters. The van der Waals surface area contributed by atoms with E-state index in [2.05, 4.69) is 21.2 Å². The Hall–Kier alpha value is -1.88. The molecule has 0 saturated carbocycles. The molecule has 0 aliphatic carbocycles. The summed E-state index contributed by atoms with van der Waals surface area (Å²) in [6, 6.07) is 11.5. The standard InChI is InChI=1S/C14H12BrFN2O/c15-11-3-1-2-9(6-11)8-18-14(19)10-4-5-12(16)13(17)7-10/h1-7H,8,17H2,(H,18,19). The summed E-state index contributed by atoms with van der Waals surface area (Å²) in [5.41, 5.74) is 6.70. The predicted molar refractivity (Wildman–Crippen MR) is 76.1 cm³/mol. The Balaban J connectivity index is 2.03. The number of hydrogen-bond donors (Lipinski definition) is 2. The third kappa shape index (κ3) is 3.54. The highest BCUT2D eigenvalue weighted by Crippen LogP contribution is 2.13. The number of amides is 1. The van der Waals surface area contributed by atoms with Crippen LogP contribution in [0.5, 0.6) is 0 Å². The molecule has 0 bridgehead atoms. The molecule has 0 heterocycles. The number of carbonyl (C=O) groups is 1. The number of halogens is 2. The van der Waals surface area contributed by atoms with E-state index in [-0.39, 0.29) is 11.6 Å². The normalized spacial score (nSPS) is 10.2. The number of rotatable bonds is 3. The fraction of sp³-hybridized carbons (Fsp3) is 0.0714. The number of hydrogen-bond acceptors (Lipinski definition) is 2. The highest BCUT2D eigenvalue weighted by molar-refractivity contribution is 9.10. The second-order valence-electron chi connectivity index (χ2n) is 4.05. The van der Waals surface area contributed by atoms with Gasteiger partial charge in [-0.2, -0.15) is 0 Å². The molecular formula is C14H12BrFN2O. The van der Waals surface area contributed by atoms with Crippen molar-refractivity contribution in [3.8, 4) is 0 Å². The maximum atomic E-state index is 13.0. The van der Waals surface area contributed by atoms with Gasteiger partial charge in [-0.1, -0.05) is 28.1 Å². The second-order valence-corrected chi connectivity index (χ2v) is 4.96. The van der Waals surface area contributed by atoms with Crippen molar-refractivity contribution >= 4 is 27.5 Å². The van der Waals surface area contributed by atoms with Crippen LogP contribution in [0.25, 0.3) is 0 Å². The molecule has 0 spiro atoms. The number of benzene rings is 2. The topological polar surface area (TPSA) is 55.1 Å². The lowest BCUT2D eigenvalue weighted by molar-refractivity contribution is 0.0951. The third-order valence-corrected chi connectivity index (χ3v) is 3.09. The summed E-state index contributed by atoms with van der Waals surface area (Å²) >= 11 is 3.36. The molecule has 19 heavy (non-hydrogen) atoms. The highest BCUT2D eigenvalue weighted by Gasteiger charge is 2.07. The lowest BCUT2D eigenvalue weighted by atomic mass is 10.1. The van der Waals surface area contributed by atoms with Crippen molar-refractivity contribution < 1.29 is 9.18 Å². The minimum atomic E-state index is -0.525. The van der Waals surface area contributed by atoms with Crippen LogP contribution >= 0.6 is 15.9 Å². The summed E-state index contributed by atoms with van der Waals surface area (Å²) in [5.74, 6) is -0.810. The lowest BCUT2D eigenvalue weighted by Gasteiger charge is -2.06. The largest absolute Gasteiger partial charge is 0.396 e. The van der Waals surface area contributed by atoms with E-state index in [4.69, 9.17) is 5.73 Å². The molecule has 98 valence electrons. The zero-order valence-electron chi connectivity index (χ0n) is 9.99. The van der Waals surface area contributed by atoms with Gasteiger partial charge in [0, 0.05) is 16.6 Å². The molecule has 2 aromatic carbocycles. The first-order chi connectivity index (χ1) is 9.06. The SMILES string of the molecule is Nc1cc(C(=O)NCc2cccc(Br)c2)ccc1F. The summed E-state index contributed by atoms with van der Waals surface area (Å²) in [4.78, 5) is 11.9. The van der Waals surface area contributed by atoms with Gasteiger partial charge >= 0.3 is 0 Å². The number of nitrogen functional groups attached to an aromatic ring is 1. The molecule has 0 unspecified atom stereocenters. The highest BCUT2D eigenvalue weighted by atomic mass is 79.9. The number of anilines is 1. The van der Waals surface area contributed by atoms with E-state index in [1.165, 1.54) is 18.2 Å². The lowest BCUT2D eigenvalue weighted by Crippen LogP contribution is -2.22. The zero-order chi connectivity index (χ0) is 13.8. The van der Waals surface area contributed by atoms with Crippen LogP contribution in [0, 0.1) is 5.82 Å². The smallest absolute Gasteiger partial charge is 0.251 e. The van der Waals surface area contributed by atoms with Gasteiger partial charge in [-0.3, -0.25) is 4.79 Å². The summed E-state index contributed by atoms with van der Waals surface area (Å²) < 4.78 is 13.9. The summed E-state index contributed by atoms with van der Waals surface area (Å²) in [6.45, 7) is 0.398. The van der Waals surface area contributed by atoms with Crippen molar-refractivity contribution in [2.75, 3.05) is 5.73 Å². The van der Waals surface area contributed by atoms with Crippen molar-refractivity contribution in [2.45, 2.75) is 6.54 Å². The number of nitrogens with two attached hydrogens (primary N) is 1. The Labute approximate surface area is 118 Å². The Morgan fingerprint density at radius 1 is 1.26 bits per heavy atom. The Morgan fingerprint density at radius 2 is 2.05 bits per heavy atom. The molecule has 2 aromatic rings. The molecule has 5 heteroatoms. The molecule has 0 saturated heterocycles. The van der Waals surface area contributed by atoms with E-state index in [0.29, 0.717) is 12.1 Å². The van der Waals surface area contributed by atoms with E-state index in [1.54, 1.807) is 0 Å². The van der Waals surface area contributed by atoms with Gasteiger partial charge in [0.2, 0.25) is 0 Å². The summed E-state index contributed by atoms with van der Waals surface area (Å²) in [7, 11) is 0. The fourth-order valence-corrected chi connectivity index (χ4v) is 2.06. The molecule has 0 fully saturated rings. The minimum absolute atomic E-state index is 0.0323. The molecule has 0 aliphatic heterocycles. The first-order valence-electron chi connectivity index (χ1n) is 5.64. The minimum Gasteiger partial charge on any atom is -0.396 e. The molecular weight excluding hydrogens is 311 g/mol. The monoisotopic (exact) mass is 322 g/mol. The molecule has 0 radical (unpaired) electrons. The maximum Gasteiger partial charge on any atom is 0.251 e. The van der Waals surface area contributed by atoms with Crippen LogP contribution in [0.1, 0.15) is 15.9 Å². The molecule has 0 aromatic heterocycles. The van der Waals surface area contributed by atoms with E-state index in [9.17, 15) is 9.18 Å². The van der Waals surface area contributed by atoms with Gasteiger partial charge < -0.3 is 11.1 Å². The van der Waals surface area contributed by atoms with Crippen LogP contribution in [0.15, 0.2) is 46.9 Å². The first-order valence-corrected chi connectivity index (χ1v) is 6.43. The first kappa shape index (κ1) is 13.5. The van der Waals surface area contributed by atoms with Gasteiger partial charge in [-0.15, -0.1) is 0 Å². The Morgan fingerprint density at radius 3 is 2.74 bits per heavy atom. The quantitative estimate of drug-likeness (QED) is 0.853. The molecule has 0 aliphatic rings. The second kappa shape index (κ2) is 5.84. The van der Waals surface area contributed by atoms with Crippen molar-refractivity contribution in [3.05, 3.63) is 63.9 Å². The molecule has 3 nitrogen and oxygen atoms in total. The van der Waals surface area contributed by atoms with Gasteiger partial charge in [-0.05, 0) is 35.9 Å². The van der Waals surface area contributed by atoms with E-state index in [1.807, 2.05) is 24.3 Å². The zero-order valence-corrected chi connectivity index (χ0v) is 11.6. The van der Waals surface area contributed by atoms with Crippen LogP contribution in [-0.2, 0) is 6.54 Å². The Bertz CT molecular complexity index is 616. The fourth-order valence-electron chi connectivity index (χ4n) is 1.62. The maximum absolute atomic E-state index is 13.0. The molecule has 2 rings (SSSR count). The average Bonchev–Trinajstić information content (AvgIpc) is 2.39. The Kier molecular flexibility index (Phi) is 4.16. The van der Waals surface area contributed by atoms with E-state index >= 15 is 0 Å². The van der Waals surface area contributed by atoms with Crippen LogP contribution in [-0.4, -0.2) is 5.91 Å². The van der Waals surface area contributed by atoms with E-state index < -0.39 is 5.82 Å². The van der Waals surface area contributed by atoms with Gasteiger partial charge in [0.05, 0.1) is 5.69 Å². The van der Waals surface area contributed by atoms with Crippen LogP contribution < -0.4 is 11.1 Å². The molecule has 3 N–H and O–H groups in total. The van der Waals surface area contributed by atoms with Gasteiger partial charge in [0.25, 0.3) is 5.91 Å².